The molecule has 1 heterocycles. The summed E-state index contributed by atoms with van der Waals surface area (Å²) in [5.74, 6) is -0.484. The summed E-state index contributed by atoms with van der Waals surface area (Å²) >= 11 is 0. The lowest BCUT2D eigenvalue weighted by Crippen LogP contribution is -2.29. The van der Waals surface area contributed by atoms with Crippen LogP contribution in [-0.2, 0) is 6.18 Å². The number of pyridine rings is 1. The standard InChI is InChI=1S/C15H13F3N4O3/c16-15(17,18)11-5-3-10(4-6-11)14(23)21-9-8-20-13-12(22(24)25)2-1-7-19-13/h1-7H,8-9H2,(H,19,20)(H,21,23). The van der Waals surface area contributed by atoms with E-state index in [-0.39, 0.29) is 30.2 Å². The van der Waals surface area contributed by atoms with Crippen LogP contribution in [0, 0.1) is 10.1 Å². The number of aromatic nitrogens is 1. The Hall–Kier alpha value is -3.17. The molecule has 0 radical (unpaired) electrons. The number of rotatable bonds is 6. The fourth-order valence-electron chi connectivity index (χ4n) is 1.95. The Bertz CT molecular complexity index is 763. The van der Waals surface area contributed by atoms with Crippen LogP contribution in [0.5, 0.6) is 0 Å². The van der Waals surface area contributed by atoms with Gasteiger partial charge in [-0.3, -0.25) is 14.9 Å². The molecule has 0 aliphatic heterocycles. The Balaban J connectivity index is 1.86. The minimum absolute atomic E-state index is 0.0660. The number of halogens is 3. The minimum Gasteiger partial charge on any atom is -0.363 e. The topological polar surface area (TPSA) is 97.2 Å². The maximum Gasteiger partial charge on any atom is 0.416 e. The predicted molar refractivity (Wildman–Crippen MR) is 83.2 cm³/mol. The summed E-state index contributed by atoms with van der Waals surface area (Å²) in [5.41, 5.74) is -0.957. The van der Waals surface area contributed by atoms with Crippen LogP contribution < -0.4 is 10.6 Å². The van der Waals surface area contributed by atoms with Gasteiger partial charge in [-0.15, -0.1) is 0 Å². The number of hydrogen-bond donors (Lipinski definition) is 2. The molecule has 0 aliphatic carbocycles. The Morgan fingerprint density at radius 2 is 1.84 bits per heavy atom. The summed E-state index contributed by atoms with van der Waals surface area (Å²) in [7, 11) is 0. The molecule has 0 unspecified atom stereocenters. The zero-order chi connectivity index (χ0) is 18.4. The van der Waals surface area contributed by atoms with E-state index < -0.39 is 22.6 Å². The monoisotopic (exact) mass is 354 g/mol. The van der Waals surface area contributed by atoms with Crippen molar-refractivity contribution in [2.75, 3.05) is 18.4 Å². The third-order valence-electron chi connectivity index (χ3n) is 3.16. The molecule has 0 atom stereocenters. The Morgan fingerprint density at radius 3 is 2.44 bits per heavy atom. The van der Waals surface area contributed by atoms with Gasteiger partial charge < -0.3 is 10.6 Å². The van der Waals surface area contributed by atoms with Crippen molar-refractivity contribution in [1.29, 1.82) is 0 Å². The van der Waals surface area contributed by atoms with Crippen molar-refractivity contribution in [1.82, 2.24) is 10.3 Å². The van der Waals surface area contributed by atoms with Crippen molar-refractivity contribution in [3.8, 4) is 0 Å². The molecule has 0 spiro atoms. The second-order valence-electron chi connectivity index (χ2n) is 4.89. The lowest BCUT2D eigenvalue weighted by molar-refractivity contribution is -0.384. The molecule has 1 amide bonds. The quantitative estimate of drug-likeness (QED) is 0.472. The maximum absolute atomic E-state index is 12.5. The number of amides is 1. The zero-order valence-corrected chi connectivity index (χ0v) is 12.7. The van der Waals surface area contributed by atoms with Gasteiger partial charge in [0.2, 0.25) is 5.82 Å². The van der Waals surface area contributed by atoms with E-state index in [1.165, 1.54) is 18.3 Å². The molecular weight excluding hydrogens is 341 g/mol. The van der Waals surface area contributed by atoms with Gasteiger partial charge in [-0.25, -0.2) is 4.98 Å². The molecule has 1 aromatic heterocycles. The third kappa shape index (κ3) is 4.90. The van der Waals surface area contributed by atoms with E-state index in [0.717, 1.165) is 24.3 Å². The van der Waals surface area contributed by atoms with Crippen LogP contribution in [-0.4, -0.2) is 28.9 Å². The summed E-state index contributed by atoms with van der Waals surface area (Å²) in [4.78, 5) is 25.9. The summed E-state index contributed by atoms with van der Waals surface area (Å²) < 4.78 is 37.4. The molecule has 1 aromatic carbocycles. The van der Waals surface area contributed by atoms with E-state index in [2.05, 4.69) is 15.6 Å². The SMILES string of the molecule is O=C(NCCNc1ncccc1[N+](=O)[O-])c1ccc(C(F)(F)F)cc1. The van der Waals surface area contributed by atoms with E-state index in [4.69, 9.17) is 0 Å². The van der Waals surface area contributed by atoms with E-state index in [1.807, 2.05) is 0 Å². The molecule has 2 aromatic rings. The van der Waals surface area contributed by atoms with Crippen LogP contribution in [0.3, 0.4) is 0 Å². The first-order chi connectivity index (χ1) is 11.8. The van der Waals surface area contributed by atoms with Crippen molar-refractivity contribution in [3.05, 3.63) is 63.8 Å². The van der Waals surface area contributed by atoms with E-state index >= 15 is 0 Å². The number of carbonyl (C=O) groups is 1. The van der Waals surface area contributed by atoms with Crippen LogP contribution in [0.2, 0.25) is 0 Å². The molecule has 0 saturated carbocycles. The van der Waals surface area contributed by atoms with Crippen LogP contribution in [0.4, 0.5) is 24.7 Å². The molecule has 25 heavy (non-hydrogen) atoms. The van der Waals surface area contributed by atoms with Crippen LogP contribution in [0.1, 0.15) is 15.9 Å². The number of carbonyl (C=O) groups excluding carboxylic acids is 1. The molecule has 7 nitrogen and oxygen atoms in total. The molecule has 2 N–H and O–H groups in total. The van der Waals surface area contributed by atoms with Gasteiger partial charge in [0, 0.05) is 30.9 Å². The van der Waals surface area contributed by atoms with Crippen molar-refractivity contribution in [3.63, 3.8) is 0 Å². The van der Waals surface area contributed by atoms with Crippen molar-refractivity contribution in [2.45, 2.75) is 6.18 Å². The normalized spacial score (nSPS) is 11.0. The fourth-order valence-corrected chi connectivity index (χ4v) is 1.95. The minimum atomic E-state index is -4.46. The summed E-state index contributed by atoms with van der Waals surface area (Å²) in [5, 5.41) is 16.0. The molecule has 0 saturated heterocycles. The molecule has 10 heteroatoms. The first-order valence-corrected chi connectivity index (χ1v) is 7.08. The molecule has 0 aliphatic rings. The van der Waals surface area contributed by atoms with E-state index in [9.17, 15) is 28.1 Å². The molecule has 0 fully saturated rings. The first kappa shape index (κ1) is 18.2. The number of anilines is 1. The number of nitrogens with zero attached hydrogens (tertiary/aromatic N) is 2. The van der Waals surface area contributed by atoms with Crippen LogP contribution in [0.15, 0.2) is 42.6 Å². The fraction of sp³-hybridized carbons (Fsp3) is 0.200. The number of nitro groups is 1. The average Bonchev–Trinajstić information content (AvgIpc) is 2.58. The van der Waals surface area contributed by atoms with Gasteiger partial charge in [-0.1, -0.05) is 0 Å². The highest BCUT2D eigenvalue weighted by Gasteiger charge is 2.30. The largest absolute Gasteiger partial charge is 0.416 e. The van der Waals surface area contributed by atoms with Gasteiger partial charge in [0.15, 0.2) is 0 Å². The number of benzene rings is 1. The Morgan fingerprint density at radius 1 is 1.16 bits per heavy atom. The summed E-state index contributed by atoms with van der Waals surface area (Å²) in [6, 6.07) is 6.52. The average molecular weight is 354 g/mol. The lowest BCUT2D eigenvalue weighted by atomic mass is 10.1. The highest BCUT2D eigenvalue weighted by Crippen LogP contribution is 2.29. The Kier molecular flexibility index (Phi) is 5.52. The predicted octanol–water partition coefficient (Wildman–Crippen LogP) is 2.85. The van der Waals surface area contributed by atoms with Gasteiger partial charge in [0.05, 0.1) is 10.5 Å². The second-order valence-corrected chi connectivity index (χ2v) is 4.89. The van der Waals surface area contributed by atoms with E-state index in [0.29, 0.717) is 0 Å². The molecular formula is C15H13F3N4O3. The lowest BCUT2D eigenvalue weighted by Gasteiger charge is -2.09. The second kappa shape index (κ2) is 7.60. The maximum atomic E-state index is 12.5. The van der Waals surface area contributed by atoms with Crippen molar-refractivity contribution in [2.24, 2.45) is 0 Å². The number of hydrogen-bond acceptors (Lipinski definition) is 5. The highest BCUT2D eigenvalue weighted by atomic mass is 19.4. The van der Waals surface area contributed by atoms with Gasteiger partial charge in [0.25, 0.3) is 5.91 Å². The summed E-state index contributed by atoms with van der Waals surface area (Å²) in [6.45, 7) is 0.262. The van der Waals surface area contributed by atoms with Crippen molar-refractivity contribution >= 4 is 17.4 Å². The zero-order valence-electron chi connectivity index (χ0n) is 12.7. The van der Waals surface area contributed by atoms with E-state index in [1.54, 1.807) is 0 Å². The highest BCUT2D eigenvalue weighted by molar-refractivity contribution is 5.94. The van der Waals surface area contributed by atoms with Gasteiger partial charge in [-0.05, 0) is 30.3 Å². The number of nitrogens with one attached hydrogen (secondary N) is 2. The number of alkyl halides is 3. The van der Waals surface area contributed by atoms with Gasteiger partial charge in [-0.2, -0.15) is 13.2 Å². The van der Waals surface area contributed by atoms with Gasteiger partial charge in [0.1, 0.15) is 0 Å². The molecule has 132 valence electrons. The van der Waals surface area contributed by atoms with Crippen molar-refractivity contribution < 1.29 is 22.9 Å². The molecule has 0 bridgehead atoms. The Labute approximate surface area is 140 Å². The summed E-state index contributed by atoms with van der Waals surface area (Å²) in [6.07, 6.45) is -3.08. The van der Waals surface area contributed by atoms with Crippen LogP contribution >= 0.6 is 0 Å². The first-order valence-electron chi connectivity index (χ1n) is 7.08. The van der Waals surface area contributed by atoms with Crippen LogP contribution in [0.25, 0.3) is 0 Å². The van der Waals surface area contributed by atoms with Gasteiger partial charge >= 0.3 is 11.9 Å². The smallest absolute Gasteiger partial charge is 0.363 e. The molecule has 2 rings (SSSR count). The third-order valence-corrected chi connectivity index (χ3v) is 3.16.